The lowest BCUT2D eigenvalue weighted by molar-refractivity contribution is 0.580. The van der Waals surface area contributed by atoms with Crippen molar-refractivity contribution in [2.75, 3.05) is 11.9 Å². The highest BCUT2D eigenvalue weighted by Gasteiger charge is 2.15. The van der Waals surface area contributed by atoms with Crippen LogP contribution in [0.3, 0.4) is 0 Å². The highest BCUT2D eigenvalue weighted by Crippen LogP contribution is 2.30. The predicted molar refractivity (Wildman–Crippen MR) is 71.6 cm³/mol. The first-order valence-electron chi connectivity index (χ1n) is 5.86. The summed E-state index contributed by atoms with van der Waals surface area (Å²) >= 11 is 12.2. The van der Waals surface area contributed by atoms with Crippen molar-refractivity contribution < 1.29 is 0 Å². The standard InChI is InChI=1S/C13H17Cl2N/c1-9-6-12(15)13(7-11(9)14)16-8-10-4-2-3-5-10/h6-7,10,16H,2-5,8H2,1H3. The van der Waals surface area contributed by atoms with Crippen molar-refractivity contribution >= 4 is 28.9 Å². The molecule has 0 atom stereocenters. The van der Waals surface area contributed by atoms with Gasteiger partial charge in [-0.05, 0) is 43.4 Å². The molecule has 0 aliphatic heterocycles. The summed E-state index contributed by atoms with van der Waals surface area (Å²) < 4.78 is 0. The van der Waals surface area contributed by atoms with E-state index in [1.54, 1.807) is 0 Å². The minimum absolute atomic E-state index is 0.764. The Kier molecular flexibility index (Phi) is 3.99. The fourth-order valence-electron chi connectivity index (χ4n) is 2.25. The Labute approximate surface area is 107 Å². The van der Waals surface area contributed by atoms with Gasteiger partial charge in [-0.2, -0.15) is 0 Å². The van der Waals surface area contributed by atoms with E-state index in [0.717, 1.165) is 33.8 Å². The number of rotatable bonds is 3. The molecule has 1 aliphatic rings. The third-order valence-electron chi connectivity index (χ3n) is 3.30. The van der Waals surface area contributed by atoms with Crippen LogP contribution in [0, 0.1) is 12.8 Å². The normalized spacial score (nSPS) is 16.7. The Bertz CT molecular complexity index is 370. The Morgan fingerprint density at radius 3 is 2.56 bits per heavy atom. The van der Waals surface area contributed by atoms with Gasteiger partial charge < -0.3 is 5.32 Å². The van der Waals surface area contributed by atoms with Crippen molar-refractivity contribution in [1.29, 1.82) is 0 Å². The number of nitrogens with one attached hydrogen (secondary N) is 1. The van der Waals surface area contributed by atoms with E-state index in [9.17, 15) is 0 Å². The third kappa shape index (κ3) is 2.83. The van der Waals surface area contributed by atoms with Gasteiger partial charge in [0.25, 0.3) is 0 Å². The molecular weight excluding hydrogens is 241 g/mol. The molecule has 0 saturated heterocycles. The van der Waals surface area contributed by atoms with Crippen LogP contribution in [0.1, 0.15) is 31.2 Å². The summed E-state index contributed by atoms with van der Waals surface area (Å²) in [7, 11) is 0. The second-order valence-electron chi connectivity index (χ2n) is 4.61. The molecule has 1 N–H and O–H groups in total. The van der Waals surface area contributed by atoms with Crippen LogP contribution in [0.25, 0.3) is 0 Å². The maximum atomic E-state index is 6.17. The van der Waals surface area contributed by atoms with E-state index in [-0.39, 0.29) is 0 Å². The van der Waals surface area contributed by atoms with Crippen molar-refractivity contribution in [1.82, 2.24) is 0 Å². The maximum absolute atomic E-state index is 6.17. The highest BCUT2D eigenvalue weighted by molar-refractivity contribution is 6.35. The Morgan fingerprint density at radius 1 is 1.19 bits per heavy atom. The first-order chi connectivity index (χ1) is 7.66. The lowest BCUT2D eigenvalue weighted by Gasteiger charge is -2.14. The smallest absolute Gasteiger partial charge is 0.0641 e. The lowest BCUT2D eigenvalue weighted by atomic mass is 10.1. The summed E-state index contributed by atoms with van der Waals surface area (Å²) in [6.07, 6.45) is 5.41. The summed E-state index contributed by atoms with van der Waals surface area (Å²) in [5.41, 5.74) is 1.99. The largest absolute Gasteiger partial charge is 0.384 e. The molecule has 3 heteroatoms. The molecule has 0 bridgehead atoms. The second-order valence-corrected chi connectivity index (χ2v) is 5.43. The molecule has 0 heterocycles. The van der Waals surface area contributed by atoms with E-state index in [2.05, 4.69) is 5.32 Å². The molecule has 0 amide bonds. The number of hydrogen-bond donors (Lipinski definition) is 1. The van der Waals surface area contributed by atoms with E-state index in [1.165, 1.54) is 25.7 Å². The quantitative estimate of drug-likeness (QED) is 0.812. The number of hydrogen-bond acceptors (Lipinski definition) is 1. The molecule has 2 rings (SSSR count). The van der Waals surface area contributed by atoms with Gasteiger partial charge in [0.2, 0.25) is 0 Å². The highest BCUT2D eigenvalue weighted by atomic mass is 35.5. The van der Waals surface area contributed by atoms with Crippen LogP contribution in [-0.4, -0.2) is 6.54 Å². The molecule has 0 unspecified atom stereocenters. The van der Waals surface area contributed by atoms with Crippen molar-refractivity contribution in [3.63, 3.8) is 0 Å². The molecule has 16 heavy (non-hydrogen) atoms. The number of aryl methyl sites for hydroxylation is 1. The fraction of sp³-hybridized carbons (Fsp3) is 0.538. The summed E-state index contributed by atoms with van der Waals surface area (Å²) in [5, 5.41) is 4.95. The summed E-state index contributed by atoms with van der Waals surface area (Å²) in [6, 6.07) is 3.84. The Morgan fingerprint density at radius 2 is 1.88 bits per heavy atom. The number of halogens is 2. The van der Waals surface area contributed by atoms with Gasteiger partial charge >= 0.3 is 0 Å². The average Bonchev–Trinajstić information content (AvgIpc) is 2.74. The lowest BCUT2D eigenvalue weighted by Crippen LogP contribution is -2.11. The van der Waals surface area contributed by atoms with Crippen LogP contribution in [0.5, 0.6) is 0 Å². The molecule has 1 nitrogen and oxygen atoms in total. The van der Waals surface area contributed by atoms with Gasteiger partial charge in [-0.25, -0.2) is 0 Å². The van der Waals surface area contributed by atoms with Gasteiger partial charge in [0, 0.05) is 11.6 Å². The third-order valence-corrected chi connectivity index (χ3v) is 4.02. The van der Waals surface area contributed by atoms with Crippen LogP contribution < -0.4 is 5.32 Å². The summed E-state index contributed by atoms with van der Waals surface area (Å²) in [4.78, 5) is 0. The maximum Gasteiger partial charge on any atom is 0.0641 e. The van der Waals surface area contributed by atoms with Crippen molar-refractivity contribution in [3.05, 3.63) is 27.7 Å². The van der Waals surface area contributed by atoms with Crippen LogP contribution in [0.15, 0.2) is 12.1 Å². The topological polar surface area (TPSA) is 12.0 Å². The Hall–Kier alpha value is -0.400. The van der Waals surface area contributed by atoms with Crippen LogP contribution in [-0.2, 0) is 0 Å². The summed E-state index contributed by atoms with van der Waals surface area (Å²) in [5.74, 6) is 0.802. The van der Waals surface area contributed by atoms with Gasteiger partial charge in [-0.3, -0.25) is 0 Å². The van der Waals surface area contributed by atoms with Gasteiger partial charge in [0.05, 0.1) is 10.7 Å². The SMILES string of the molecule is Cc1cc(Cl)c(NCC2CCCC2)cc1Cl. The fourth-order valence-corrected chi connectivity index (χ4v) is 2.70. The average molecular weight is 258 g/mol. The van der Waals surface area contributed by atoms with E-state index in [0.29, 0.717) is 0 Å². The molecular formula is C13H17Cl2N. The van der Waals surface area contributed by atoms with Crippen molar-refractivity contribution in [2.45, 2.75) is 32.6 Å². The zero-order chi connectivity index (χ0) is 11.5. The monoisotopic (exact) mass is 257 g/mol. The van der Waals surface area contributed by atoms with Crippen LogP contribution in [0.2, 0.25) is 10.0 Å². The van der Waals surface area contributed by atoms with E-state index < -0.39 is 0 Å². The first-order valence-corrected chi connectivity index (χ1v) is 6.62. The number of anilines is 1. The van der Waals surface area contributed by atoms with Crippen molar-refractivity contribution in [2.24, 2.45) is 5.92 Å². The van der Waals surface area contributed by atoms with Gasteiger partial charge in [0.15, 0.2) is 0 Å². The van der Waals surface area contributed by atoms with Gasteiger partial charge in [-0.15, -0.1) is 0 Å². The van der Waals surface area contributed by atoms with E-state index in [1.807, 2.05) is 19.1 Å². The molecule has 1 aromatic rings. The number of benzene rings is 1. The molecule has 0 radical (unpaired) electrons. The predicted octanol–water partition coefficient (Wildman–Crippen LogP) is 4.90. The molecule has 1 saturated carbocycles. The molecule has 1 aliphatic carbocycles. The minimum atomic E-state index is 0.764. The minimum Gasteiger partial charge on any atom is -0.384 e. The zero-order valence-corrected chi connectivity index (χ0v) is 11.0. The molecule has 88 valence electrons. The molecule has 1 aromatic carbocycles. The van der Waals surface area contributed by atoms with Crippen molar-refractivity contribution in [3.8, 4) is 0 Å². The molecule has 1 fully saturated rings. The summed E-state index contributed by atoms with van der Waals surface area (Å²) in [6.45, 7) is 2.98. The van der Waals surface area contributed by atoms with E-state index >= 15 is 0 Å². The van der Waals surface area contributed by atoms with Gasteiger partial charge in [0.1, 0.15) is 0 Å². The second kappa shape index (κ2) is 5.29. The Balaban J connectivity index is 2.00. The first kappa shape index (κ1) is 12.1. The van der Waals surface area contributed by atoms with Crippen LogP contribution >= 0.6 is 23.2 Å². The molecule has 0 aromatic heterocycles. The van der Waals surface area contributed by atoms with Crippen LogP contribution in [0.4, 0.5) is 5.69 Å². The molecule has 0 spiro atoms. The zero-order valence-electron chi connectivity index (χ0n) is 9.52. The van der Waals surface area contributed by atoms with Gasteiger partial charge in [-0.1, -0.05) is 36.0 Å². The van der Waals surface area contributed by atoms with E-state index in [4.69, 9.17) is 23.2 Å².